The number of nitrogens with one attached hydrogen (secondary N) is 1. The van der Waals surface area contributed by atoms with Crippen molar-refractivity contribution in [3.8, 4) is 0 Å². The first-order valence-corrected chi connectivity index (χ1v) is 7.77. The fourth-order valence-electron chi connectivity index (χ4n) is 2.97. The first-order valence-electron chi connectivity index (χ1n) is 7.77. The number of aromatic nitrogens is 2. The quantitative estimate of drug-likeness (QED) is 0.890. The van der Waals surface area contributed by atoms with Crippen LogP contribution in [-0.4, -0.2) is 39.2 Å². The number of rotatable bonds is 4. The van der Waals surface area contributed by atoms with E-state index in [0.29, 0.717) is 36.5 Å². The number of hydrogen-bond acceptors (Lipinski definition) is 4. The molecule has 1 atom stereocenters. The van der Waals surface area contributed by atoms with Gasteiger partial charge in [-0.2, -0.15) is 0 Å². The second kappa shape index (κ2) is 6.60. The van der Waals surface area contributed by atoms with Crippen LogP contribution >= 0.6 is 0 Å². The van der Waals surface area contributed by atoms with Crippen molar-refractivity contribution in [2.75, 3.05) is 13.1 Å². The lowest BCUT2D eigenvalue weighted by Crippen LogP contribution is -2.39. The molecular weight excluding hydrogens is 297 g/mol. The Bertz CT molecular complexity index is 758. The summed E-state index contributed by atoms with van der Waals surface area (Å²) < 4.78 is 13.7. The van der Waals surface area contributed by atoms with Gasteiger partial charge in [-0.3, -0.25) is 9.69 Å². The molecule has 122 valence electrons. The van der Waals surface area contributed by atoms with Crippen LogP contribution < -0.4 is 5.56 Å². The van der Waals surface area contributed by atoms with Gasteiger partial charge in [-0.1, -0.05) is 18.2 Å². The molecule has 1 aliphatic heterocycles. The molecule has 0 bridgehead atoms. The topological polar surface area (TPSA) is 69.2 Å². The highest BCUT2D eigenvalue weighted by molar-refractivity contribution is 5.25. The van der Waals surface area contributed by atoms with Gasteiger partial charge in [0, 0.05) is 32.5 Å². The molecule has 2 aromatic rings. The molecule has 0 fully saturated rings. The van der Waals surface area contributed by atoms with Gasteiger partial charge in [0.05, 0.1) is 17.4 Å². The molecule has 0 saturated heterocycles. The van der Waals surface area contributed by atoms with Gasteiger partial charge in [0.25, 0.3) is 5.56 Å². The Hall–Kier alpha value is -2.05. The zero-order valence-electron chi connectivity index (χ0n) is 13.1. The summed E-state index contributed by atoms with van der Waals surface area (Å²) >= 11 is 0. The monoisotopic (exact) mass is 317 g/mol. The van der Waals surface area contributed by atoms with E-state index in [1.165, 1.54) is 6.07 Å². The van der Waals surface area contributed by atoms with Gasteiger partial charge in [-0.15, -0.1) is 0 Å². The number of aromatic amines is 1. The molecule has 0 amide bonds. The Balaban J connectivity index is 1.83. The number of aliphatic hydroxyl groups excluding tert-OH is 1. The zero-order chi connectivity index (χ0) is 16.4. The summed E-state index contributed by atoms with van der Waals surface area (Å²) in [6, 6.07) is 6.50. The van der Waals surface area contributed by atoms with Gasteiger partial charge in [0.1, 0.15) is 11.6 Å². The highest BCUT2D eigenvalue weighted by Gasteiger charge is 2.22. The molecule has 0 unspecified atom stereocenters. The lowest BCUT2D eigenvalue weighted by molar-refractivity contribution is 0.118. The van der Waals surface area contributed by atoms with Crippen LogP contribution in [0.15, 0.2) is 29.1 Å². The van der Waals surface area contributed by atoms with Crippen LogP contribution in [0.5, 0.6) is 0 Å². The van der Waals surface area contributed by atoms with Gasteiger partial charge in [-0.25, -0.2) is 9.37 Å². The summed E-state index contributed by atoms with van der Waals surface area (Å²) in [6.07, 6.45) is 0.506. The van der Waals surface area contributed by atoms with Gasteiger partial charge >= 0.3 is 0 Å². The summed E-state index contributed by atoms with van der Waals surface area (Å²) in [5, 5.41) is 9.48. The average Bonchev–Trinajstić information content (AvgIpc) is 2.50. The fourth-order valence-corrected chi connectivity index (χ4v) is 2.97. The van der Waals surface area contributed by atoms with Crippen molar-refractivity contribution in [3.63, 3.8) is 0 Å². The van der Waals surface area contributed by atoms with Crippen molar-refractivity contribution in [1.29, 1.82) is 0 Å². The van der Waals surface area contributed by atoms with E-state index >= 15 is 0 Å². The predicted molar refractivity (Wildman–Crippen MR) is 84.7 cm³/mol. The smallest absolute Gasteiger partial charge is 0.255 e. The first kappa shape index (κ1) is 15.8. The van der Waals surface area contributed by atoms with E-state index in [1.54, 1.807) is 25.1 Å². The van der Waals surface area contributed by atoms with E-state index in [1.807, 2.05) is 4.90 Å². The van der Waals surface area contributed by atoms with Crippen LogP contribution in [-0.2, 0) is 19.4 Å². The summed E-state index contributed by atoms with van der Waals surface area (Å²) in [4.78, 5) is 21.6. The van der Waals surface area contributed by atoms with Crippen LogP contribution in [0.1, 0.15) is 29.6 Å². The molecule has 5 nitrogen and oxygen atoms in total. The molecule has 23 heavy (non-hydrogen) atoms. The van der Waals surface area contributed by atoms with E-state index in [-0.39, 0.29) is 17.8 Å². The number of fused-ring (bicyclic) bond motifs is 1. The van der Waals surface area contributed by atoms with Crippen molar-refractivity contribution in [2.45, 2.75) is 32.4 Å². The Labute approximate surface area is 133 Å². The molecule has 0 aliphatic carbocycles. The van der Waals surface area contributed by atoms with E-state index in [4.69, 9.17) is 0 Å². The van der Waals surface area contributed by atoms with Crippen molar-refractivity contribution >= 4 is 0 Å². The second-order valence-electron chi connectivity index (χ2n) is 6.04. The largest absolute Gasteiger partial charge is 0.392 e. The molecule has 1 aliphatic rings. The van der Waals surface area contributed by atoms with Gasteiger partial charge in [0.2, 0.25) is 0 Å². The minimum atomic E-state index is -0.427. The zero-order valence-corrected chi connectivity index (χ0v) is 13.1. The van der Waals surface area contributed by atoms with Crippen LogP contribution in [0.25, 0.3) is 0 Å². The molecule has 0 saturated carbocycles. The van der Waals surface area contributed by atoms with Crippen LogP contribution in [0.2, 0.25) is 0 Å². The minimum absolute atomic E-state index is 0.170. The molecule has 1 aromatic heterocycles. The third kappa shape index (κ3) is 3.65. The predicted octanol–water partition coefficient (Wildman–Crippen LogP) is 1.24. The molecule has 0 radical (unpaired) electrons. The van der Waals surface area contributed by atoms with E-state index in [2.05, 4.69) is 9.97 Å². The normalized spacial score (nSPS) is 16.1. The third-order valence-corrected chi connectivity index (χ3v) is 4.03. The highest BCUT2D eigenvalue weighted by atomic mass is 19.1. The van der Waals surface area contributed by atoms with Crippen LogP contribution in [0, 0.1) is 5.82 Å². The summed E-state index contributed by atoms with van der Waals surface area (Å²) in [5.74, 6) is 0.193. The number of aliphatic hydroxyl groups is 1. The van der Waals surface area contributed by atoms with Gasteiger partial charge < -0.3 is 10.1 Å². The van der Waals surface area contributed by atoms with Gasteiger partial charge in [-0.05, 0) is 18.6 Å². The molecule has 2 heterocycles. The minimum Gasteiger partial charge on any atom is -0.392 e. The molecule has 2 N–H and O–H groups in total. The Kier molecular flexibility index (Phi) is 4.54. The van der Waals surface area contributed by atoms with E-state index in [0.717, 1.165) is 12.2 Å². The fraction of sp³-hybridized carbons (Fsp3) is 0.412. The molecular formula is C17H20FN3O2. The maximum Gasteiger partial charge on any atom is 0.255 e. The Morgan fingerprint density at radius 3 is 2.96 bits per heavy atom. The maximum absolute atomic E-state index is 13.7. The van der Waals surface area contributed by atoms with Crippen molar-refractivity contribution in [3.05, 3.63) is 63.1 Å². The number of β-amino-alcohol motifs (C(OH)–C–C–N with tert-alkyl or cyclic N) is 1. The number of H-pyrrole nitrogens is 1. The SMILES string of the molecule is C[C@@H](O)CN1CCc2nc(Cc3ccccc3F)[nH]c(=O)c2C1. The van der Waals surface area contributed by atoms with E-state index < -0.39 is 6.10 Å². The summed E-state index contributed by atoms with van der Waals surface area (Å²) in [5.41, 5.74) is 1.77. The lowest BCUT2D eigenvalue weighted by atomic mass is 10.1. The summed E-state index contributed by atoms with van der Waals surface area (Å²) in [6.45, 7) is 3.52. The Morgan fingerprint density at radius 2 is 2.22 bits per heavy atom. The second-order valence-corrected chi connectivity index (χ2v) is 6.04. The first-order chi connectivity index (χ1) is 11.0. The van der Waals surface area contributed by atoms with Gasteiger partial charge in [0.15, 0.2) is 0 Å². The average molecular weight is 317 g/mol. The molecule has 1 aromatic carbocycles. The summed E-state index contributed by atoms with van der Waals surface area (Å²) in [7, 11) is 0. The van der Waals surface area contributed by atoms with E-state index in [9.17, 15) is 14.3 Å². The molecule has 3 rings (SSSR count). The lowest BCUT2D eigenvalue weighted by Gasteiger charge is -2.28. The number of hydrogen-bond donors (Lipinski definition) is 2. The standard InChI is InChI=1S/C17H20FN3O2/c1-11(22)9-21-7-6-15-13(10-21)17(23)20-16(19-15)8-12-4-2-3-5-14(12)18/h2-5,11,22H,6-10H2,1H3,(H,19,20,23)/t11-/m1/s1. The third-order valence-electron chi connectivity index (χ3n) is 4.03. The van der Waals surface area contributed by atoms with Crippen LogP contribution in [0.4, 0.5) is 4.39 Å². The van der Waals surface area contributed by atoms with Crippen LogP contribution in [0.3, 0.4) is 0 Å². The number of benzene rings is 1. The number of nitrogens with zero attached hydrogens (tertiary/aromatic N) is 2. The van der Waals surface area contributed by atoms with Crippen molar-refractivity contribution in [2.24, 2.45) is 0 Å². The Morgan fingerprint density at radius 1 is 1.43 bits per heavy atom. The number of halogens is 1. The molecule has 0 spiro atoms. The maximum atomic E-state index is 13.7. The van der Waals surface area contributed by atoms with Crippen molar-refractivity contribution < 1.29 is 9.50 Å². The highest BCUT2D eigenvalue weighted by Crippen LogP contribution is 2.16. The molecule has 6 heteroatoms. The van der Waals surface area contributed by atoms with Crippen molar-refractivity contribution in [1.82, 2.24) is 14.9 Å².